The molecule has 0 aromatic carbocycles. The molecule has 0 saturated heterocycles. The van der Waals surface area contributed by atoms with Gasteiger partial charge in [-0.15, -0.1) is 0 Å². The molecule has 0 spiro atoms. The molecule has 1 saturated carbocycles. The topological polar surface area (TPSA) is 43.8 Å². The Morgan fingerprint density at radius 2 is 2.50 bits per heavy atom. The Morgan fingerprint density at radius 3 is 3.00 bits per heavy atom. The third kappa shape index (κ3) is 1.57. The summed E-state index contributed by atoms with van der Waals surface area (Å²) in [7, 11) is 1.99. The second kappa shape index (κ2) is 3.39. The van der Waals surface area contributed by atoms with Gasteiger partial charge in [0.05, 0.1) is 17.6 Å². The van der Waals surface area contributed by atoms with Crippen LogP contribution in [0.25, 0.3) is 0 Å². The summed E-state index contributed by atoms with van der Waals surface area (Å²) in [6.45, 7) is 2.24. The molecule has 2 rings (SSSR count). The number of aromatic nitrogens is 2. The van der Waals surface area contributed by atoms with Gasteiger partial charge in [-0.05, 0) is 25.2 Å². The zero-order chi connectivity index (χ0) is 10.2. The Hall–Kier alpha value is -0.830. The SMILES string of the molecule is CCC1CCC(N)(c2cn(C)cn2)C1. The van der Waals surface area contributed by atoms with Gasteiger partial charge in [0.15, 0.2) is 0 Å². The maximum atomic E-state index is 6.38. The molecule has 2 atom stereocenters. The minimum atomic E-state index is -0.151. The maximum Gasteiger partial charge on any atom is 0.0947 e. The summed E-state index contributed by atoms with van der Waals surface area (Å²) >= 11 is 0. The normalized spacial score (nSPS) is 32.4. The van der Waals surface area contributed by atoms with Crippen LogP contribution >= 0.6 is 0 Å². The molecule has 1 heterocycles. The van der Waals surface area contributed by atoms with Crippen molar-refractivity contribution in [3.63, 3.8) is 0 Å². The van der Waals surface area contributed by atoms with Crippen LogP contribution in [0.4, 0.5) is 0 Å². The van der Waals surface area contributed by atoms with Crippen molar-refractivity contribution in [2.24, 2.45) is 18.7 Å². The molecule has 1 aliphatic carbocycles. The van der Waals surface area contributed by atoms with E-state index in [0.717, 1.165) is 24.5 Å². The number of rotatable bonds is 2. The van der Waals surface area contributed by atoms with Crippen molar-refractivity contribution in [1.82, 2.24) is 9.55 Å². The second-order valence-corrected chi connectivity index (χ2v) is 4.60. The smallest absolute Gasteiger partial charge is 0.0947 e. The number of hydrogen-bond acceptors (Lipinski definition) is 2. The van der Waals surface area contributed by atoms with Crippen LogP contribution in [0.2, 0.25) is 0 Å². The molecule has 3 nitrogen and oxygen atoms in total. The Bertz CT molecular complexity index is 318. The lowest BCUT2D eigenvalue weighted by Crippen LogP contribution is -2.34. The first-order valence-corrected chi connectivity index (χ1v) is 5.41. The Kier molecular flexibility index (Phi) is 2.35. The molecule has 3 heteroatoms. The Balaban J connectivity index is 2.18. The lowest BCUT2D eigenvalue weighted by atomic mass is 9.93. The summed E-state index contributed by atoms with van der Waals surface area (Å²) < 4.78 is 1.98. The summed E-state index contributed by atoms with van der Waals surface area (Å²) in [4.78, 5) is 4.38. The van der Waals surface area contributed by atoms with Gasteiger partial charge in [0.25, 0.3) is 0 Å². The van der Waals surface area contributed by atoms with E-state index in [2.05, 4.69) is 18.1 Å². The molecule has 2 N–H and O–H groups in total. The number of nitrogens with zero attached hydrogens (tertiary/aromatic N) is 2. The number of aryl methyl sites for hydroxylation is 1. The van der Waals surface area contributed by atoms with Gasteiger partial charge in [-0.3, -0.25) is 0 Å². The van der Waals surface area contributed by atoms with Gasteiger partial charge >= 0.3 is 0 Å². The molecule has 1 aliphatic rings. The van der Waals surface area contributed by atoms with Crippen molar-refractivity contribution < 1.29 is 0 Å². The summed E-state index contributed by atoms with van der Waals surface area (Å²) in [5.74, 6) is 0.794. The van der Waals surface area contributed by atoms with Crippen LogP contribution in [0, 0.1) is 5.92 Å². The van der Waals surface area contributed by atoms with E-state index in [0.29, 0.717) is 0 Å². The van der Waals surface area contributed by atoms with E-state index in [4.69, 9.17) is 5.73 Å². The molecule has 1 fully saturated rings. The van der Waals surface area contributed by atoms with Gasteiger partial charge in [-0.25, -0.2) is 4.98 Å². The van der Waals surface area contributed by atoms with Crippen molar-refractivity contribution in [3.8, 4) is 0 Å². The average Bonchev–Trinajstić information content (AvgIpc) is 2.73. The summed E-state index contributed by atoms with van der Waals surface area (Å²) in [6, 6.07) is 0. The molecule has 1 aromatic rings. The first kappa shape index (κ1) is 9.71. The summed E-state index contributed by atoms with van der Waals surface area (Å²) in [5, 5.41) is 0. The molecule has 0 amide bonds. The first-order chi connectivity index (χ1) is 6.64. The van der Waals surface area contributed by atoms with Gasteiger partial charge in [-0.2, -0.15) is 0 Å². The van der Waals surface area contributed by atoms with Crippen molar-refractivity contribution in [1.29, 1.82) is 0 Å². The van der Waals surface area contributed by atoms with E-state index < -0.39 is 0 Å². The molecule has 78 valence electrons. The largest absolute Gasteiger partial charge is 0.340 e. The summed E-state index contributed by atoms with van der Waals surface area (Å²) in [6.07, 6.45) is 8.57. The lowest BCUT2D eigenvalue weighted by molar-refractivity contribution is 0.415. The molecule has 14 heavy (non-hydrogen) atoms. The van der Waals surface area contributed by atoms with Crippen molar-refractivity contribution in [3.05, 3.63) is 18.2 Å². The van der Waals surface area contributed by atoms with E-state index in [-0.39, 0.29) is 5.54 Å². The lowest BCUT2D eigenvalue weighted by Gasteiger charge is -2.21. The maximum absolute atomic E-state index is 6.38. The molecule has 0 aliphatic heterocycles. The van der Waals surface area contributed by atoms with Gasteiger partial charge in [0.2, 0.25) is 0 Å². The fraction of sp³-hybridized carbons (Fsp3) is 0.727. The van der Waals surface area contributed by atoms with Crippen LogP contribution in [-0.4, -0.2) is 9.55 Å². The second-order valence-electron chi connectivity index (χ2n) is 4.60. The highest BCUT2D eigenvalue weighted by Crippen LogP contribution is 2.40. The first-order valence-electron chi connectivity index (χ1n) is 5.41. The Morgan fingerprint density at radius 1 is 1.71 bits per heavy atom. The fourth-order valence-electron chi connectivity index (χ4n) is 2.43. The van der Waals surface area contributed by atoms with Crippen molar-refractivity contribution in [2.75, 3.05) is 0 Å². The van der Waals surface area contributed by atoms with Crippen LogP contribution in [0.5, 0.6) is 0 Å². The molecular weight excluding hydrogens is 174 g/mol. The van der Waals surface area contributed by atoms with Crippen molar-refractivity contribution >= 4 is 0 Å². The van der Waals surface area contributed by atoms with Crippen LogP contribution in [-0.2, 0) is 12.6 Å². The highest BCUT2D eigenvalue weighted by atomic mass is 15.0. The predicted octanol–water partition coefficient (Wildman–Crippen LogP) is 1.78. The van der Waals surface area contributed by atoms with Gasteiger partial charge < -0.3 is 10.3 Å². The van der Waals surface area contributed by atoms with Gasteiger partial charge in [0.1, 0.15) is 0 Å². The van der Waals surface area contributed by atoms with E-state index in [1.54, 1.807) is 0 Å². The average molecular weight is 193 g/mol. The van der Waals surface area contributed by atoms with Gasteiger partial charge in [0, 0.05) is 13.2 Å². The molecule has 1 aromatic heterocycles. The van der Waals surface area contributed by atoms with Crippen molar-refractivity contribution in [2.45, 2.75) is 38.1 Å². The Labute approximate surface area is 85.3 Å². The van der Waals surface area contributed by atoms with Crippen LogP contribution in [0.15, 0.2) is 12.5 Å². The highest BCUT2D eigenvalue weighted by Gasteiger charge is 2.37. The van der Waals surface area contributed by atoms with Crippen LogP contribution in [0.3, 0.4) is 0 Å². The number of imidazole rings is 1. The molecule has 2 unspecified atom stereocenters. The fourth-order valence-corrected chi connectivity index (χ4v) is 2.43. The minimum absolute atomic E-state index is 0.151. The van der Waals surface area contributed by atoms with Crippen LogP contribution in [0.1, 0.15) is 38.3 Å². The standard InChI is InChI=1S/C11H19N3/c1-3-9-4-5-11(12,6-9)10-7-14(2)8-13-10/h7-9H,3-6,12H2,1-2H3. The predicted molar refractivity (Wildman–Crippen MR) is 56.7 cm³/mol. The molecular formula is C11H19N3. The van der Waals surface area contributed by atoms with Crippen LogP contribution < -0.4 is 5.73 Å². The number of nitrogens with two attached hydrogens (primary N) is 1. The number of hydrogen-bond donors (Lipinski definition) is 1. The third-order valence-electron chi connectivity index (χ3n) is 3.44. The zero-order valence-electron chi connectivity index (χ0n) is 9.03. The van der Waals surface area contributed by atoms with E-state index in [1.165, 1.54) is 12.8 Å². The van der Waals surface area contributed by atoms with E-state index in [1.807, 2.05) is 17.9 Å². The van der Waals surface area contributed by atoms with Gasteiger partial charge in [-0.1, -0.05) is 13.3 Å². The highest BCUT2D eigenvalue weighted by molar-refractivity contribution is 5.14. The van der Waals surface area contributed by atoms with E-state index >= 15 is 0 Å². The molecule has 0 bridgehead atoms. The zero-order valence-corrected chi connectivity index (χ0v) is 9.03. The minimum Gasteiger partial charge on any atom is -0.340 e. The monoisotopic (exact) mass is 193 g/mol. The van der Waals surface area contributed by atoms with E-state index in [9.17, 15) is 0 Å². The molecule has 0 radical (unpaired) electrons. The summed E-state index contributed by atoms with van der Waals surface area (Å²) in [5.41, 5.74) is 7.30. The quantitative estimate of drug-likeness (QED) is 0.778. The third-order valence-corrected chi connectivity index (χ3v) is 3.44.